The second kappa shape index (κ2) is 8.71. The van der Waals surface area contributed by atoms with Crippen molar-refractivity contribution in [2.75, 3.05) is 5.32 Å². The lowest BCUT2D eigenvalue weighted by Crippen LogP contribution is -2.40. The molecule has 2 rings (SSSR count). The summed E-state index contributed by atoms with van der Waals surface area (Å²) in [7, 11) is 0. The van der Waals surface area contributed by atoms with Gasteiger partial charge in [-0.05, 0) is 64.4 Å². The van der Waals surface area contributed by atoms with Crippen molar-refractivity contribution in [1.29, 1.82) is 0 Å². The van der Waals surface area contributed by atoms with Crippen molar-refractivity contribution in [2.24, 2.45) is 0 Å². The van der Waals surface area contributed by atoms with Crippen LogP contribution in [0.2, 0.25) is 0 Å². The van der Waals surface area contributed by atoms with Gasteiger partial charge >= 0.3 is 0 Å². The first kappa shape index (κ1) is 20.5. The molecule has 2 amide bonds. The monoisotopic (exact) mass is 368 g/mol. The number of nitrogens with one attached hydrogen (secondary N) is 2. The molecule has 144 valence electrons. The highest BCUT2D eigenvalue weighted by Gasteiger charge is 2.19. The average molecular weight is 368 g/mol. The number of carbonyl (C=O) groups excluding carboxylic acids is 2. The molecule has 0 bridgehead atoms. The van der Waals surface area contributed by atoms with E-state index in [4.69, 9.17) is 4.74 Å². The van der Waals surface area contributed by atoms with E-state index in [9.17, 15) is 9.59 Å². The molecule has 5 nitrogen and oxygen atoms in total. The highest BCUT2D eigenvalue weighted by atomic mass is 16.5. The van der Waals surface area contributed by atoms with Crippen molar-refractivity contribution in [3.05, 3.63) is 59.7 Å². The number of ether oxygens (including phenoxy) is 1. The highest BCUT2D eigenvalue weighted by Crippen LogP contribution is 2.20. The molecule has 0 fully saturated rings. The molecule has 0 aliphatic rings. The molecule has 0 aliphatic carbocycles. The van der Waals surface area contributed by atoms with Gasteiger partial charge in [-0.3, -0.25) is 9.59 Å². The average Bonchev–Trinajstić information content (AvgIpc) is 2.60. The molecule has 0 aliphatic heterocycles. The summed E-state index contributed by atoms with van der Waals surface area (Å²) in [5.41, 5.74) is 1.00. The third kappa shape index (κ3) is 6.13. The Morgan fingerprint density at radius 3 is 2.41 bits per heavy atom. The number of benzene rings is 2. The van der Waals surface area contributed by atoms with E-state index in [0.717, 1.165) is 6.42 Å². The van der Waals surface area contributed by atoms with Crippen LogP contribution in [-0.2, 0) is 0 Å². The number of para-hydroxylation sites is 1. The molecule has 2 N–H and O–H groups in total. The number of hydrogen-bond acceptors (Lipinski definition) is 3. The first-order chi connectivity index (χ1) is 12.7. The number of amides is 2. The van der Waals surface area contributed by atoms with Gasteiger partial charge in [0.25, 0.3) is 11.8 Å². The predicted octanol–water partition coefficient (Wildman–Crippen LogP) is 4.64. The van der Waals surface area contributed by atoms with Crippen LogP contribution in [0, 0.1) is 0 Å². The van der Waals surface area contributed by atoms with E-state index in [1.165, 1.54) is 0 Å². The molecule has 2 aromatic carbocycles. The standard InChI is InChI=1S/C22H28N2O3/c1-6-15(2)27-17-11-9-10-16(14-17)20(25)23-19-13-8-7-12-18(19)21(26)24-22(3,4)5/h7-15H,6H2,1-5H3,(H,23,25)(H,24,26). The van der Waals surface area contributed by atoms with Gasteiger partial charge in [0.2, 0.25) is 0 Å². The quantitative estimate of drug-likeness (QED) is 0.780. The molecule has 27 heavy (non-hydrogen) atoms. The summed E-state index contributed by atoms with van der Waals surface area (Å²) in [6.45, 7) is 9.76. The lowest BCUT2D eigenvalue weighted by Gasteiger charge is -2.21. The topological polar surface area (TPSA) is 67.4 Å². The molecule has 0 spiro atoms. The van der Waals surface area contributed by atoms with Gasteiger partial charge in [0.05, 0.1) is 17.4 Å². The Hall–Kier alpha value is -2.82. The summed E-state index contributed by atoms with van der Waals surface area (Å²) < 4.78 is 5.78. The maximum atomic E-state index is 12.7. The predicted molar refractivity (Wildman–Crippen MR) is 108 cm³/mol. The van der Waals surface area contributed by atoms with E-state index in [1.807, 2.05) is 40.7 Å². The van der Waals surface area contributed by atoms with Crippen molar-refractivity contribution in [1.82, 2.24) is 5.32 Å². The van der Waals surface area contributed by atoms with Crippen molar-refractivity contribution in [3.63, 3.8) is 0 Å². The molecule has 0 radical (unpaired) electrons. The maximum Gasteiger partial charge on any atom is 0.255 e. The normalized spacial score (nSPS) is 12.2. The molecule has 5 heteroatoms. The minimum absolute atomic E-state index is 0.0742. The summed E-state index contributed by atoms with van der Waals surface area (Å²) in [5.74, 6) is 0.128. The second-order valence-electron chi connectivity index (χ2n) is 7.57. The van der Waals surface area contributed by atoms with Gasteiger partial charge in [-0.15, -0.1) is 0 Å². The van der Waals surface area contributed by atoms with Crippen LogP contribution in [0.3, 0.4) is 0 Å². The van der Waals surface area contributed by atoms with Crippen LogP contribution in [-0.4, -0.2) is 23.5 Å². The molecule has 1 unspecified atom stereocenters. The Balaban J connectivity index is 2.19. The molecule has 2 aromatic rings. The van der Waals surface area contributed by atoms with Crippen LogP contribution in [0.5, 0.6) is 5.75 Å². The fourth-order valence-corrected chi connectivity index (χ4v) is 2.42. The first-order valence-corrected chi connectivity index (χ1v) is 9.19. The fraction of sp³-hybridized carbons (Fsp3) is 0.364. The number of rotatable bonds is 6. The molecular formula is C22H28N2O3. The molecule has 0 saturated heterocycles. The van der Waals surface area contributed by atoms with Crippen LogP contribution < -0.4 is 15.4 Å². The zero-order valence-corrected chi connectivity index (χ0v) is 16.6. The van der Waals surface area contributed by atoms with Gasteiger partial charge in [0.1, 0.15) is 5.75 Å². The lowest BCUT2D eigenvalue weighted by atomic mass is 10.1. The van der Waals surface area contributed by atoms with E-state index in [-0.39, 0.29) is 23.5 Å². The van der Waals surface area contributed by atoms with Gasteiger partial charge in [-0.25, -0.2) is 0 Å². The summed E-state index contributed by atoms with van der Waals surface area (Å²) in [6.07, 6.45) is 0.956. The van der Waals surface area contributed by atoms with Crippen LogP contribution in [0.4, 0.5) is 5.69 Å². The largest absolute Gasteiger partial charge is 0.491 e. The second-order valence-corrected chi connectivity index (χ2v) is 7.57. The number of anilines is 1. The minimum atomic E-state index is -0.365. The van der Waals surface area contributed by atoms with E-state index in [0.29, 0.717) is 22.6 Å². The number of carbonyl (C=O) groups is 2. The SMILES string of the molecule is CCC(C)Oc1cccc(C(=O)Nc2ccccc2C(=O)NC(C)(C)C)c1. The fourth-order valence-electron chi connectivity index (χ4n) is 2.42. The summed E-state index contributed by atoms with van der Waals surface area (Å²) in [4.78, 5) is 25.2. The van der Waals surface area contributed by atoms with E-state index < -0.39 is 0 Å². The molecule has 0 saturated carbocycles. The van der Waals surface area contributed by atoms with Crippen molar-refractivity contribution >= 4 is 17.5 Å². The Morgan fingerprint density at radius 2 is 1.74 bits per heavy atom. The summed E-state index contributed by atoms with van der Waals surface area (Å²) >= 11 is 0. The van der Waals surface area contributed by atoms with Crippen LogP contribution in [0.1, 0.15) is 61.8 Å². The van der Waals surface area contributed by atoms with Gasteiger partial charge < -0.3 is 15.4 Å². The smallest absolute Gasteiger partial charge is 0.255 e. The van der Waals surface area contributed by atoms with E-state index in [2.05, 4.69) is 10.6 Å². The summed E-state index contributed by atoms with van der Waals surface area (Å²) in [5, 5.41) is 5.75. The Labute approximate surface area is 161 Å². The number of hydrogen-bond donors (Lipinski definition) is 2. The van der Waals surface area contributed by atoms with Gasteiger partial charge in [-0.2, -0.15) is 0 Å². The van der Waals surface area contributed by atoms with E-state index in [1.54, 1.807) is 42.5 Å². The lowest BCUT2D eigenvalue weighted by molar-refractivity contribution is 0.0920. The van der Waals surface area contributed by atoms with Gasteiger partial charge in [-0.1, -0.05) is 25.1 Å². The third-order valence-electron chi connectivity index (χ3n) is 3.92. The van der Waals surface area contributed by atoms with Crippen molar-refractivity contribution in [2.45, 2.75) is 52.7 Å². The zero-order chi connectivity index (χ0) is 20.0. The Morgan fingerprint density at radius 1 is 1.04 bits per heavy atom. The molecule has 1 atom stereocenters. The Kier molecular flexibility index (Phi) is 6.61. The maximum absolute atomic E-state index is 12.7. The minimum Gasteiger partial charge on any atom is -0.491 e. The van der Waals surface area contributed by atoms with Crippen molar-refractivity contribution < 1.29 is 14.3 Å². The molecule has 0 aromatic heterocycles. The van der Waals surface area contributed by atoms with Gasteiger partial charge in [0, 0.05) is 11.1 Å². The van der Waals surface area contributed by atoms with Crippen LogP contribution >= 0.6 is 0 Å². The highest BCUT2D eigenvalue weighted by molar-refractivity contribution is 6.09. The summed E-state index contributed by atoms with van der Waals surface area (Å²) in [6, 6.07) is 14.0. The Bertz CT molecular complexity index is 809. The van der Waals surface area contributed by atoms with Crippen LogP contribution in [0.15, 0.2) is 48.5 Å². The molecular weight excluding hydrogens is 340 g/mol. The van der Waals surface area contributed by atoms with Gasteiger partial charge in [0.15, 0.2) is 0 Å². The molecule has 0 heterocycles. The first-order valence-electron chi connectivity index (χ1n) is 9.19. The van der Waals surface area contributed by atoms with Crippen LogP contribution in [0.25, 0.3) is 0 Å². The van der Waals surface area contributed by atoms with Crippen molar-refractivity contribution in [3.8, 4) is 5.75 Å². The zero-order valence-electron chi connectivity index (χ0n) is 16.6. The third-order valence-corrected chi connectivity index (χ3v) is 3.92. The van der Waals surface area contributed by atoms with E-state index >= 15 is 0 Å².